The topological polar surface area (TPSA) is 50.9 Å². The van der Waals surface area contributed by atoms with Crippen molar-refractivity contribution in [3.8, 4) is 5.69 Å². The van der Waals surface area contributed by atoms with Crippen molar-refractivity contribution in [1.82, 2.24) is 15.0 Å². The molecule has 0 fully saturated rings. The smallest absolute Gasteiger partial charge is 0.154 e. The molecular formula is C11H10F3N3O. The van der Waals surface area contributed by atoms with Crippen molar-refractivity contribution in [2.45, 2.75) is 12.8 Å². The minimum atomic E-state index is -1.05. The van der Waals surface area contributed by atoms with Crippen molar-refractivity contribution in [1.29, 1.82) is 0 Å². The molecule has 0 aliphatic carbocycles. The van der Waals surface area contributed by atoms with Gasteiger partial charge in [0.2, 0.25) is 0 Å². The number of aliphatic hydroxyl groups excluding tert-OH is 1. The van der Waals surface area contributed by atoms with Gasteiger partial charge in [0.25, 0.3) is 0 Å². The maximum absolute atomic E-state index is 13.4. The Kier molecular flexibility index (Phi) is 3.61. The summed E-state index contributed by atoms with van der Waals surface area (Å²) in [7, 11) is 0. The lowest BCUT2D eigenvalue weighted by Crippen LogP contribution is -2.03. The molecule has 0 saturated heterocycles. The number of nitrogens with zero attached hydrogens (tertiary/aromatic N) is 3. The maximum atomic E-state index is 13.4. The summed E-state index contributed by atoms with van der Waals surface area (Å²) >= 11 is 0. The van der Waals surface area contributed by atoms with Gasteiger partial charge in [-0.2, -0.15) is 0 Å². The van der Waals surface area contributed by atoms with Crippen molar-refractivity contribution in [3.63, 3.8) is 0 Å². The van der Waals surface area contributed by atoms with Gasteiger partial charge in [0.15, 0.2) is 11.6 Å². The molecule has 1 heterocycles. The number of aliphatic hydroxyl groups is 1. The Morgan fingerprint density at radius 1 is 1.17 bits per heavy atom. The molecule has 4 nitrogen and oxygen atoms in total. The Bertz CT molecular complexity index is 533. The number of hydrogen-bond acceptors (Lipinski definition) is 3. The van der Waals surface area contributed by atoms with Crippen LogP contribution in [0.15, 0.2) is 18.3 Å². The molecule has 2 rings (SSSR count). The maximum Gasteiger partial charge on any atom is 0.154 e. The fourth-order valence-corrected chi connectivity index (χ4v) is 1.54. The van der Waals surface area contributed by atoms with Crippen molar-refractivity contribution >= 4 is 0 Å². The minimum absolute atomic E-state index is 0.00781. The first kappa shape index (κ1) is 12.6. The molecule has 0 unspecified atom stereocenters. The summed E-state index contributed by atoms with van der Waals surface area (Å²) in [6, 6.07) is 1.15. The highest BCUT2D eigenvalue weighted by molar-refractivity contribution is 5.34. The van der Waals surface area contributed by atoms with Crippen molar-refractivity contribution in [2.24, 2.45) is 0 Å². The van der Waals surface area contributed by atoms with Gasteiger partial charge in [-0.05, 0) is 12.8 Å². The third-order valence-corrected chi connectivity index (χ3v) is 2.34. The lowest BCUT2D eigenvalue weighted by Gasteiger charge is -2.03. The van der Waals surface area contributed by atoms with E-state index < -0.39 is 23.1 Å². The number of aromatic nitrogens is 3. The quantitative estimate of drug-likeness (QED) is 0.905. The van der Waals surface area contributed by atoms with Crippen molar-refractivity contribution in [3.05, 3.63) is 41.5 Å². The zero-order valence-corrected chi connectivity index (χ0v) is 9.28. The highest BCUT2D eigenvalue weighted by Crippen LogP contribution is 2.18. The zero-order valence-electron chi connectivity index (χ0n) is 9.28. The minimum Gasteiger partial charge on any atom is -0.396 e. The van der Waals surface area contributed by atoms with Gasteiger partial charge in [0.05, 0.1) is 11.9 Å². The first-order chi connectivity index (χ1) is 8.61. The van der Waals surface area contributed by atoms with Gasteiger partial charge in [-0.1, -0.05) is 5.21 Å². The van der Waals surface area contributed by atoms with Crippen molar-refractivity contribution < 1.29 is 18.3 Å². The molecule has 0 amide bonds. The van der Waals surface area contributed by atoms with Crippen LogP contribution in [0.1, 0.15) is 12.1 Å². The van der Waals surface area contributed by atoms with Crippen LogP contribution in [0.25, 0.3) is 5.69 Å². The molecule has 18 heavy (non-hydrogen) atoms. The van der Waals surface area contributed by atoms with E-state index in [2.05, 4.69) is 10.3 Å². The normalized spacial score (nSPS) is 10.9. The van der Waals surface area contributed by atoms with E-state index in [0.29, 0.717) is 30.7 Å². The van der Waals surface area contributed by atoms with Crippen LogP contribution < -0.4 is 0 Å². The molecule has 1 aromatic heterocycles. The zero-order chi connectivity index (χ0) is 13.1. The van der Waals surface area contributed by atoms with Crippen LogP contribution >= 0.6 is 0 Å². The average molecular weight is 257 g/mol. The van der Waals surface area contributed by atoms with E-state index >= 15 is 0 Å². The molecule has 7 heteroatoms. The predicted molar refractivity (Wildman–Crippen MR) is 56.6 cm³/mol. The highest BCUT2D eigenvalue weighted by atomic mass is 19.1. The molecule has 0 aliphatic heterocycles. The third kappa shape index (κ3) is 2.51. The number of benzene rings is 1. The van der Waals surface area contributed by atoms with E-state index in [4.69, 9.17) is 5.11 Å². The number of halogens is 3. The van der Waals surface area contributed by atoms with Gasteiger partial charge in [-0.3, -0.25) is 0 Å². The molecule has 1 N–H and O–H groups in total. The predicted octanol–water partition coefficient (Wildman–Crippen LogP) is 1.61. The van der Waals surface area contributed by atoms with Gasteiger partial charge >= 0.3 is 0 Å². The lowest BCUT2D eigenvalue weighted by atomic mass is 10.2. The summed E-state index contributed by atoms with van der Waals surface area (Å²) in [5.74, 6) is -3.09. The third-order valence-electron chi connectivity index (χ3n) is 2.34. The van der Waals surface area contributed by atoms with Gasteiger partial charge in [0, 0.05) is 18.7 Å². The highest BCUT2D eigenvalue weighted by Gasteiger charge is 2.15. The standard InChI is InChI=1S/C11H10F3N3O/c12-7-4-9(13)11(10(14)5-7)17-6-8(15-16-17)2-1-3-18/h4-6,18H,1-3H2. The second kappa shape index (κ2) is 5.18. The fourth-order valence-electron chi connectivity index (χ4n) is 1.54. The van der Waals surface area contributed by atoms with Crippen LogP contribution in [0.2, 0.25) is 0 Å². The average Bonchev–Trinajstić information content (AvgIpc) is 2.73. The molecule has 1 aromatic carbocycles. The largest absolute Gasteiger partial charge is 0.396 e. The van der Waals surface area contributed by atoms with Crippen LogP contribution in [0, 0.1) is 17.5 Å². The Morgan fingerprint density at radius 2 is 1.83 bits per heavy atom. The van der Waals surface area contributed by atoms with E-state index in [1.165, 1.54) is 6.20 Å². The van der Waals surface area contributed by atoms with E-state index in [9.17, 15) is 13.2 Å². The number of rotatable bonds is 4. The Morgan fingerprint density at radius 3 is 2.44 bits per heavy atom. The molecule has 0 atom stereocenters. The van der Waals surface area contributed by atoms with Crippen LogP contribution in [0.5, 0.6) is 0 Å². The second-order valence-electron chi connectivity index (χ2n) is 3.70. The van der Waals surface area contributed by atoms with Gasteiger partial charge < -0.3 is 5.11 Å². The molecule has 0 radical (unpaired) electrons. The van der Waals surface area contributed by atoms with Crippen LogP contribution in [-0.2, 0) is 6.42 Å². The fraction of sp³-hybridized carbons (Fsp3) is 0.273. The summed E-state index contributed by atoms with van der Waals surface area (Å²) < 4.78 is 40.6. The van der Waals surface area contributed by atoms with Gasteiger partial charge in [-0.25, -0.2) is 17.9 Å². The molecule has 2 aromatic rings. The molecule has 96 valence electrons. The molecule has 0 saturated carbocycles. The summed E-state index contributed by atoms with van der Waals surface area (Å²) in [6.45, 7) is -0.00781. The van der Waals surface area contributed by atoms with Gasteiger partial charge in [-0.15, -0.1) is 5.10 Å². The first-order valence-corrected chi connectivity index (χ1v) is 5.29. The Hall–Kier alpha value is -1.89. The Labute approximate surface area is 101 Å². The summed E-state index contributed by atoms with van der Waals surface area (Å²) in [6.07, 6.45) is 2.27. The van der Waals surface area contributed by atoms with Crippen LogP contribution in [-0.4, -0.2) is 26.7 Å². The SMILES string of the molecule is OCCCc1cn(-c2c(F)cc(F)cc2F)nn1. The van der Waals surface area contributed by atoms with Gasteiger partial charge in [0.1, 0.15) is 11.5 Å². The number of aryl methyl sites for hydroxylation is 1. The van der Waals surface area contributed by atoms with Crippen molar-refractivity contribution in [2.75, 3.05) is 6.61 Å². The van der Waals surface area contributed by atoms with E-state index in [1.807, 2.05) is 0 Å². The van der Waals surface area contributed by atoms with Crippen LogP contribution in [0.4, 0.5) is 13.2 Å². The van der Waals surface area contributed by atoms with E-state index in [0.717, 1.165) is 4.68 Å². The summed E-state index contributed by atoms with van der Waals surface area (Å²) in [4.78, 5) is 0. The monoisotopic (exact) mass is 257 g/mol. The van der Waals surface area contributed by atoms with E-state index in [1.54, 1.807) is 0 Å². The molecular weight excluding hydrogens is 247 g/mol. The summed E-state index contributed by atoms with van der Waals surface area (Å²) in [5.41, 5.74) is 0.0197. The first-order valence-electron chi connectivity index (χ1n) is 5.29. The van der Waals surface area contributed by atoms with E-state index in [-0.39, 0.29) is 6.61 Å². The number of hydrogen-bond donors (Lipinski definition) is 1. The van der Waals surface area contributed by atoms with Crippen LogP contribution in [0.3, 0.4) is 0 Å². The molecule has 0 aliphatic rings. The molecule has 0 bridgehead atoms. The summed E-state index contributed by atoms with van der Waals surface area (Å²) in [5, 5.41) is 15.9. The molecule has 0 spiro atoms. The Balaban J connectivity index is 2.34. The second-order valence-corrected chi connectivity index (χ2v) is 3.70. The lowest BCUT2D eigenvalue weighted by molar-refractivity contribution is 0.288.